The zero-order chi connectivity index (χ0) is 21.5. The van der Waals surface area contributed by atoms with Gasteiger partial charge in [0.2, 0.25) is 0 Å². The van der Waals surface area contributed by atoms with Crippen LogP contribution in [0, 0.1) is 0 Å². The molecule has 0 spiro atoms. The number of carboxylic acids is 1. The maximum Gasteiger partial charge on any atom is 0.420 e. The van der Waals surface area contributed by atoms with Gasteiger partial charge in [-0.15, -0.1) is 0 Å². The fourth-order valence-corrected chi connectivity index (χ4v) is 2.17. The van der Waals surface area contributed by atoms with Gasteiger partial charge >= 0.3 is 18.2 Å². The van der Waals surface area contributed by atoms with Gasteiger partial charge in [-0.2, -0.15) is 4.90 Å². The molecule has 7 nitrogen and oxygen atoms in total. The van der Waals surface area contributed by atoms with Crippen molar-refractivity contribution in [2.75, 3.05) is 0 Å². The van der Waals surface area contributed by atoms with Crippen molar-refractivity contribution in [3.05, 3.63) is 42.0 Å². The summed E-state index contributed by atoms with van der Waals surface area (Å²) in [5.74, 6) is -1.34. The van der Waals surface area contributed by atoms with Crippen molar-refractivity contribution in [2.45, 2.75) is 65.2 Å². The van der Waals surface area contributed by atoms with Crippen molar-refractivity contribution in [1.82, 2.24) is 4.90 Å². The SMILES string of the molecule is CC(C)(C)OC(=O)N(C(=O)OC(C)(C)C)C(CC=Cc1ccccc1)C(=O)O. The Bertz CT molecular complexity index is 685. The van der Waals surface area contributed by atoms with Gasteiger partial charge in [-0.25, -0.2) is 14.4 Å². The van der Waals surface area contributed by atoms with E-state index in [2.05, 4.69) is 0 Å². The van der Waals surface area contributed by atoms with E-state index in [4.69, 9.17) is 9.47 Å². The van der Waals surface area contributed by atoms with Crippen molar-refractivity contribution < 1.29 is 29.0 Å². The van der Waals surface area contributed by atoms with Crippen LogP contribution in [0.4, 0.5) is 9.59 Å². The summed E-state index contributed by atoms with van der Waals surface area (Å²) in [4.78, 5) is 37.5. The molecule has 154 valence electrons. The maximum absolute atomic E-state index is 12.6. The van der Waals surface area contributed by atoms with E-state index in [0.29, 0.717) is 4.90 Å². The monoisotopic (exact) mass is 391 g/mol. The number of imide groups is 1. The third-order valence-electron chi connectivity index (χ3n) is 3.25. The summed E-state index contributed by atoms with van der Waals surface area (Å²) in [6, 6.07) is 7.80. The number of ether oxygens (including phenoxy) is 2. The lowest BCUT2D eigenvalue weighted by Gasteiger charge is -2.31. The van der Waals surface area contributed by atoms with Crippen molar-refractivity contribution in [1.29, 1.82) is 0 Å². The van der Waals surface area contributed by atoms with Crippen LogP contribution in [0.3, 0.4) is 0 Å². The quantitative estimate of drug-likeness (QED) is 0.781. The molecule has 0 radical (unpaired) electrons. The Morgan fingerprint density at radius 2 is 1.43 bits per heavy atom. The van der Waals surface area contributed by atoms with Gasteiger partial charge in [-0.05, 0) is 53.5 Å². The van der Waals surface area contributed by atoms with E-state index in [9.17, 15) is 19.5 Å². The van der Waals surface area contributed by atoms with Crippen LogP contribution in [0.25, 0.3) is 6.08 Å². The molecular formula is C21H29NO6. The second kappa shape index (κ2) is 9.39. The first-order chi connectivity index (χ1) is 12.8. The first kappa shape index (κ1) is 23.2. The molecule has 28 heavy (non-hydrogen) atoms. The molecule has 0 heterocycles. The summed E-state index contributed by atoms with van der Waals surface area (Å²) >= 11 is 0. The smallest absolute Gasteiger partial charge is 0.420 e. The summed E-state index contributed by atoms with van der Waals surface area (Å²) in [5.41, 5.74) is -0.937. The molecule has 0 bridgehead atoms. The van der Waals surface area contributed by atoms with Crippen LogP contribution in [0.2, 0.25) is 0 Å². The molecule has 1 aromatic carbocycles. The van der Waals surface area contributed by atoms with Crippen LogP contribution < -0.4 is 0 Å². The molecule has 1 N–H and O–H groups in total. The minimum atomic E-state index is -1.47. The van der Waals surface area contributed by atoms with E-state index in [1.807, 2.05) is 30.3 Å². The molecule has 1 unspecified atom stereocenters. The number of carboxylic acid groups (broad SMARTS) is 1. The summed E-state index contributed by atoms with van der Waals surface area (Å²) < 4.78 is 10.5. The third-order valence-corrected chi connectivity index (χ3v) is 3.25. The van der Waals surface area contributed by atoms with E-state index in [1.165, 1.54) is 0 Å². The Labute approximate surface area is 165 Å². The van der Waals surface area contributed by atoms with E-state index >= 15 is 0 Å². The van der Waals surface area contributed by atoms with Crippen LogP contribution in [0.5, 0.6) is 0 Å². The molecule has 0 aromatic heterocycles. The predicted octanol–water partition coefficient (Wildman–Crippen LogP) is 4.72. The number of amides is 2. The Balaban J connectivity index is 3.13. The van der Waals surface area contributed by atoms with E-state index in [0.717, 1.165) is 5.56 Å². The number of aliphatic carboxylic acids is 1. The number of rotatable bonds is 5. The molecule has 0 aliphatic carbocycles. The lowest BCUT2D eigenvalue weighted by molar-refractivity contribution is -0.142. The highest BCUT2D eigenvalue weighted by atomic mass is 16.6. The van der Waals surface area contributed by atoms with Gasteiger partial charge in [-0.3, -0.25) is 0 Å². The van der Waals surface area contributed by atoms with Gasteiger partial charge < -0.3 is 14.6 Å². The molecule has 1 atom stereocenters. The fourth-order valence-electron chi connectivity index (χ4n) is 2.17. The molecule has 0 saturated carbocycles. The van der Waals surface area contributed by atoms with Crippen molar-refractivity contribution in [3.8, 4) is 0 Å². The molecule has 1 aromatic rings. The van der Waals surface area contributed by atoms with Gasteiger partial charge in [0.15, 0.2) is 0 Å². The lowest BCUT2D eigenvalue weighted by atomic mass is 10.1. The Morgan fingerprint density at radius 1 is 0.964 bits per heavy atom. The van der Waals surface area contributed by atoms with Crippen LogP contribution >= 0.6 is 0 Å². The second-order valence-corrected chi connectivity index (χ2v) is 8.23. The second-order valence-electron chi connectivity index (χ2n) is 8.23. The van der Waals surface area contributed by atoms with Gasteiger partial charge in [0.05, 0.1) is 0 Å². The molecule has 0 fully saturated rings. The van der Waals surface area contributed by atoms with E-state index in [1.54, 1.807) is 53.7 Å². The molecular weight excluding hydrogens is 362 g/mol. The van der Waals surface area contributed by atoms with Gasteiger partial charge in [-0.1, -0.05) is 42.5 Å². The highest BCUT2D eigenvalue weighted by Gasteiger charge is 2.39. The van der Waals surface area contributed by atoms with Gasteiger partial charge in [0, 0.05) is 0 Å². The normalized spacial score (nSPS) is 13.1. The van der Waals surface area contributed by atoms with E-state index < -0.39 is 35.4 Å². The first-order valence-electron chi connectivity index (χ1n) is 9.00. The molecule has 1 rings (SSSR count). The number of benzene rings is 1. The highest BCUT2D eigenvalue weighted by molar-refractivity contribution is 5.93. The van der Waals surface area contributed by atoms with Crippen LogP contribution in [0.15, 0.2) is 36.4 Å². The third kappa shape index (κ3) is 8.24. The summed E-state index contributed by atoms with van der Waals surface area (Å²) in [7, 11) is 0. The average molecular weight is 391 g/mol. The first-order valence-corrected chi connectivity index (χ1v) is 9.00. The van der Waals surface area contributed by atoms with Gasteiger partial charge in [0.25, 0.3) is 0 Å². The molecule has 7 heteroatoms. The van der Waals surface area contributed by atoms with Gasteiger partial charge in [0.1, 0.15) is 17.2 Å². The number of carbonyl (C=O) groups excluding carboxylic acids is 2. The van der Waals surface area contributed by atoms with E-state index in [-0.39, 0.29) is 6.42 Å². The summed E-state index contributed by atoms with van der Waals surface area (Å²) in [6.45, 7) is 9.77. The zero-order valence-corrected chi connectivity index (χ0v) is 17.3. The standard InChI is InChI=1S/C21H29NO6/c1-20(2,3)27-18(25)22(19(26)28-21(4,5)6)16(17(23)24)14-10-13-15-11-8-7-9-12-15/h7-13,16H,14H2,1-6H3,(H,23,24). The summed E-state index contributed by atoms with van der Waals surface area (Å²) in [6.07, 6.45) is 1.08. The Kier molecular flexibility index (Phi) is 7.78. The topological polar surface area (TPSA) is 93.1 Å². The minimum absolute atomic E-state index is 0.0945. The molecule has 2 amide bonds. The lowest BCUT2D eigenvalue weighted by Crippen LogP contribution is -2.51. The van der Waals surface area contributed by atoms with Crippen molar-refractivity contribution in [2.24, 2.45) is 0 Å². The zero-order valence-electron chi connectivity index (χ0n) is 17.3. The maximum atomic E-state index is 12.6. The molecule has 0 saturated heterocycles. The Morgan fingerprint density at radius 3 is 1.82 bits per heavy atom. The number of hydrogen-bond donors (Lipinski definition) is 1. The fraction of sp³-hybridized carbons (Fsp3) is 0.476. The Hall–Kier alpha value is -2.83. The molecule has 0 aliphatic heterocycles. The number of nitrogens with zero attached hydrogens (tertiary/aromatic N) is 1. The van der Waals surface area contributed by atoms with Crippen molar-refractivity contribution >= 4 is 24.2 Å². The van der Waals surface area contributed by atoms with Crippen LogP contribution in [0.1, 0.15) is 53.5 Å². The minimum Gasteiger partial charge on any atom is -0.480 e. The summed E-state index contributed by atoms with van der Waals surface area (Å²) in [5, 5.41) is 9.64. The number of carbonyl (C=O) groups is 3. The highest BCUT2D eigenvalue weighted by Crippen LogP contribution is 2.19. The number of hydrogen-bond acceptors (Lipinski definition) is 5. The van der Waals surface area contributed by atoms with Crippen molar-refractivity contribution in [3.63, 3.8) is 0 Å². The van der Waals surface area contributed by atoms with Crippen LogP contribution in [-0.4, -0.2) is 45.4 Å². The largest absolute Gasteiger partial charge is 0.480 e. The average Bonchev–Trinajstić information content (AvgIpc) is 2.51. The van der Waals surface area contributed by atoms with Crippen LogP contribution in [-0.2, 0) is 14.3 Å². The predicted molar refractivity (Wildman–Crippen MR) is 106 cm³/mol. The molecule has 0 aliphatic rings.